The molecule has 0 aromatic heterocycles. The maximum atomic E-state index is 14.2. The van der Waals surface area contributed by atoms with E-state index in [9.17, 15) is 9.50 Å². The highest BCUT2D eigenvalue weighted by atomic mass is 19.1. The zero-order valence-electron chi connectivity index (χ0n) is 13.1. The van der Waals surface area contributed by atoms with Crippen molar-refractivity contribution in [3.8, 4) is 0 Å². The van der Waals surface area contributed by atoms with E-state index in [4.69, 9.17) is 0 Å². The molecular formula is C17H27FN2O. The Labute approximate surface area is 127 Å². The van der Waals surface area contributed by atoms with Crippen LogP contribution in [0.25, 0.3) is 0 Å². The minimum Gasteiger partial charge on any atom is -0.396 e. The van der Waals surface area contributed by atoms with E-state index in [1.807, 2.05) is 6.07 Å². The predicted molar refractivity (Wildman–Crippen MR) is 85.0 cm³/mol. The largest absolute Gasteiger partial charge is 0.396 e. The molecule has 1 fully saturated rings. The van der Waals surface area contributed by atoms with Crippen LogP contribution < -0.4 is 10.2 Å². The molecule has 21 heavy (non-hydrogen) atoms. The number of rotatable bonds is 6. The molecular weight excluding hydrogens is 267 g/mol. The molecule has 0 atom stereocenters. The van der Waals surface area contributed by atoms with Gasteiger partial charge in [-0.2, -0.15) is 0 Å². The Hall–Kier alpha value is -1.13. The van der Waals surface area contributed by atoms with E-state index >= 15 is 0 Å². The molecule has 2 rings (SSSR count). The normalized spacial score (nSPS) is 16.7. The maximum Gasteiger partial charge on any atom is 0.129 e. The smallest absolute Gasteiger partial charge is 0.129 e. The SMILES string of the molecule is CC(C)CNCc1c(F)cccc1N1CCC(CO)CC1. The topological polar surface area (TPSA) is 35.5 Å². The van der Waals surface area contributed by atoms with Gasteiger partial charge < -0.3 is 15.3 Å². The van der Waals surface area contributed by atoms with E-state index in [0.29, 0.717) is 18.4 Å². The third-order valence-electron chi connectivity index (χ3n) is 4.16. The Bertz CT molecular complexity index is 442. The van der Waals surface area contributed by atoms with Crippen molar-refractivity contribution in [3.05, 3.63) is 29.6 Å². The lowest BCUT2D eigenvalue weighted by atomic mass is 9.96. The van der Waals surface area contributed by atoms with Crippen LogP contribution in [0.15, 0.2) is 18.2 Å². The van der Waals surface area contributed by atoms with Crippen LogP contribution in [-0.2, 0) is 6.54 Å². The number of piperidine rings is 1. The maximum absolute atomic E-state index is 14.2. The Morgan fingerprint density at radius 3 is 2.67 bits per heavy atom. The first-order valence-electron chi connectivity index (χ1n) is 7.95. The van der Waals surface area contributed by atoms with Crippen LogP contribution in [0.3, 0.4) is 0 Å². The highest BCUT2D eigenvalue weighted by Gasteiger charge is 2.21. The van der Waals surface area contributed by atoms with Gasteiger partial charge in [0.05, 0.1) is 0 Å². The summed E-state index contributed by atoms with van der Waals surface area (Å²) in [7, 11) is 0. The van der Waals surface area contributed by atoms with Crippen LogP contribution in [-0.4, -0.2) is 31.3 Å². The van der Waals surface area contributed by atoms with Gasteiger partial charge in [-0.25, -0.2) is 4.39 Å². The van der Waals surface area contributed by atoms with Crippen molar-refractivity contribution in [2.75, 3.05) is 31.1 Å². The lowest BCUT2D eigenvalue weighted by Gasteiger charge is -2.34. The molecule has 0 bridgehead atoms. The summed E-state index contributed by atoms with van der Waals surface area (Å²) in [4.78, 5) is 2.25. The summed E-state index contributed by atoms with van der Waals surface area (Å²) >= 11 is 0. The number of aliphatic hydroxyl groups excluding tert-OH is 1. The molecule has 0 unspecified atom stereocenters. The fraction of sp³-hybridized carbons (Fsp3) is 0.647. The third-order valence-corrected chi connectivity index (χ3v) is 4.16. The number of hydrogen-bond donors (Lipinski definition) is 2. The summed E-state index contributed by atoms with van der Waals surface area (Å²) in [6, 6.07) is 5.33. The second-order valence-corrected chi connectivity index (χ2v) is 6.38. The average Bonchev–Trinajstić information content (AvgIpc) is 2.48. The quantitative estimate of drug-likeness (QED) is 0.847. The molecule has 0 saturated carbocycles. The molecule has 118 valence electrons. The number of halogens is 1. The van der Waals surface area contributed by atoms with Gasteiger partial charge in [0.2, 0.25) is 0 Å². The van der Waals surface area contributed by atoms with E-state index in [1.165, 1.54) is 6.07 Å². The molecule has 1 aromatic carbocycles. The number of benzene rings is 1. The van der Waals surface area contributed by atoms with E-state index in [1.54, 1.807) is 6.07 Å². The Balaban J connectivity index is 2.06. The van der Waals surface area contributed by atoms with Crippen molar-refractivity contribution in [2.24, 2.45) is 11.8 Å². The summed E-state index contributed by atoms with van der Waals surface area (Å²) in [5.41, 5.74) is 1.77. The van der Waals surface area contributed by atoms with Gasteiger partial charge >= 0.3 is 0 Å². The van der Waals surface area contributed by atoms with Crippen molar-refractivity contribution in [3.63, 3.8) is 0 Å². The molecule has 0 radical (unpaired) electrons. The van der Waals surface area contributed by atoms with Crippen molar-refractivity contribution in [1.29, 1.82) is 0 Å². The van der Waals surface area contributed by atoms with Crippen LogP contribution in [0.5, 0.6) is 0 Å². The monoisotopic (exact) mass is 294 g/mol. The Morgan fingerprint density at radius 1 is 1.33 bits per heavy atom. The van der Waals surface area contributed by atoms with Gasteiger partial charge in [-0.3, -0.25) is 0 Å². The highest BCUT2D eigenvalue weighted by molar-refractivity contribution is 5.54. The Morgan fingerprint density at radius 2 is 2.05 bits per heavy atom. The van der Waals surface area contributed by atoms with Crippen molar-refractivity contribution < 1.29 is 9.50 Å². The summed E-state index contributed by atoms with van der Waals surface area (Å²) in [6.07, 6.45) is 1.96. The highest BCUT2D eigenvalue weighted by Crippen LogP contribution is 2.28. The molecule has 1 aliphatic rings. The fourth-order valence-electron chi connectivity index (χ4n) is 2.86. The van der Waals surface area contributed by atoms with Crippen molar-refractivity contribution >= 4 is 5.69 Å². The minimum absolute atomic E-state index is 0.131. The number of nitrogens with one attached hydrogen (secondary N) is 1. The van der Waals surface area contributed by atoms with Gasteiger partial charge in [0, 0.05) is 37.5 Å². The van der Waals surface area contributed by atoms with Gasteiger partial charge in [-0.15, -0.1) is 0 Å². The molecule has 4 heteroatoms. The molecule has 1 saturated heterocycles. The van der Waals surface area contributed by atoms with Crippen molar-refractivity contribution in [1.82, 2.24) is 5.32 Å². The number of hydrogen-bond acceptors (Lipinski definition) is 3. The van der Waals surface area contributed by atoms with Gasteiger partial charge in [-0.1, -0.05) is 19.9 Å². The second kappa shape index (κ2) is 7.76. The molecule has 1 aliphatic heterocycles. The van der Waals surface area contributed by atoms with Gasteiger partial charge in [0.1, 0.15) is 5.82 Å². The summed E-state index contributed by atoms with van der Waals surface area (Å²) in [6.45, 7) is 7.81. The number of aliphatic hydroxyl groups is 1. The number of nitrogens with zero attached hydrogens (tertiary/aromatic N) is 1. The van der Waals surface area contributed by atoms with Gasteiger partial charge in [-0.05, 0) is 43.4 Å². The molecule has 0 amide bonds. The Kier molecular flexibility index (Phi) is 6.00. The van der Waals surface area contributed by atoms with Crippen LogP contribution in [0.2, 0.25) is 0 Å². The first kappa shape index (κ1) is 16.2. The molecule has 0 aliphatic carbocycles. The van der Waals surface area contributed by atoms with Crippen LogP contribution in [0.1, 0.15) is 32.3 Å². The summed E-state index contributed by atoms with van der Waals surface area (Å²) in [5, 5.41) is 12.6. The van der Waals surface area contributed by atoms with E-state index < -0.39 is 0 Å². The molecule has 1 heterocycles. The first-order valence-corrected chi connectivity index (χ1v) is 7.95. The fourth-order valence-corrected chi connectivity index (χ4v) is 2.86. The predicted octanol–water partition coefficient (Wildman–Crippen LogP) is 2.78. The van der Waals surface area contributed by atoms with Gasteiger partial charge in [0.15, 0.2) is 0 Å². The molecule has 3 nitrogen and oxygen atoms in total. The third kappa shape index (κ3) is 4.42. The average molecular weight is 294 g/mol. The van der Waals surface area contributed by atoms with E-state index in [-0.39, 0.29) is 12.4 Å². The zero-order valence-corrected chi connectivity index (χ0v) is 13.1. The minimum atomic E-state index is -0.131. The first-order chi connectivity index (χ1) is 10.1. The van der Waals surface area contributed by atoms with E-state index in [2.05, 4.69) is 24.1 Å². The van der Waals surface area contributed by atoms with Crippen molar-refractivity contribution in [2.45, 2.75) is 33.2 Å². The van der Waals surface area contributed by atoms with E-state index in [0.717, 1.165) is 43.7 Å². The lowest BCUT2D eigenvalue weighted by Crippen LogP contribution is -2.36. The molecule has 1 aromatic rings. The second-order valence-electron chi connectivity index (χ2n) is 6.38. The zero-order chi connectivity index (χ0) is 15.2. The standard InChI is InChI=1S/C17H27FN2O/c1-13(2)10-19-11-15-16(18)4-3-5-17(15)20-8-6-14(12-21)7-9-20/h3-5,13-14,19,21H,6-12H2,1-2H3. The van der Waals surface area contributed by atoms with Crippen LogP contribution in [0.4, 0.5) is 10.1 Å². The summed E-state index contributed by atoms with van der Waals surface area (Å²) < 4.78 is 14.2. The lowest BCUT2D eigenvalue weighted by molar-refractivity contribution is 0.203. The summed E-state index contributed by atoms with van der Waals surface area (Å²) in [5.74, 6) is 0.825. The molecule has 0 spiro atoms. The van der Waals surface area contributed by atoms with Crippen LogP contribution >= 0.6 is 0 Å². The van der Waals surface area contributed by atoms with Gasteiger partial charge in [0.25, 0.3) is 0 Å². The number of anilines is 1. The van der Waals surface area contributed by atoms with Crippen LogP contribution in [0, 0.1) is 17.7 Å². The molecule has 2 N–H and O–H groups in total.